The summed E-state index contributed by atoms with van der Waals surface area (Å²) in [5.74, 6) is 1.25. The molecule has 5 heteroatoms. The fourth-order valence-corrected chi connectivity index (χ4v) is 2.05. The van der Waals surface area contributed by atoms with Crippen LogP contribution in [0.15, 0.2) is 0 Å². The number of esters is 1. The average molecular weight is 278 g/mol. The molecule has 1 unspecified atom stereocenters. The van der Waals surface area contributed by atoms with E-state index in [1.165, 1.54) is 7.11 Å². The summed E-state index contributed by atoms with van der Waals surface area (Å²) in [7, 11) is 1.40. The number of ether oxygens (including phenoxy) is 1. The molecular weight excluding hydrogens is 252 g/mol. The minimum atomic E-state index is -0.392. The average Bonchev–Trinajstić information content (AvgIpc) is 2.25. The Morgan fingerprint density at radius 1 is 1.17 bits per heavy atom. The van der Waals surface area contributed by atoms with Crippen molar-refractivity contribution in [1.82, 2.24) is 0 Å². The van der Waals surface area contributed by atoms with Crippen molar-refractivity contribution in [3.63, 3.8) is 0 Å². The highest BCUT2D eigenvalue weighted by Gasteiger charge is 2.30. The minimum absolute atomic E-state index is 0.197. The summed E-state index contributed by atoms with van der Waals surface area (Å²) in [6.45, 7) is 11.9. The summed E-state index contributed by atoms with van der Waals surface area (Å²) in [6.07, 6.45) is 0. The van der Waals surface area contributed by atoms with Crippen LogP contribution in [-0.4, -0.2) is 35.8 Å². The molecule has 0 rings (SSSR count). The fraction of sp³-hybridized carbons (Fsp3) is 0.923. The van der Waals surface area contributed by atoms with E-state index in [-0.39, 0.29) is 17.5 Å². The topological polar surface area (TPSA) is 44.8 Å². The van der Waals surface area contributed by atoms with Crippen LogP contribution in [0.1, 0.15) is 41.5 Å². The van der Waals surface area contributed by atoms with Gasteiger partial charge in [-0.25, -0.2) is 9.78 Å². The van der Waals surface area contributed by atoms with Crippen molar-refractivity contribution in [2.75, 3.05) is 18.6 Å². The van der Waals surface area contributed by atoms with E-state index in [0.29, 0.717) is 5.75 Å². The lowest BCUT2D eigenvalue weighted by molar-refractivity contribution is -0.404. The molecule has 4 nitrogen and oxygen atoms in total. The molecule has 0 saturated carbocycles. The third kappa shape index (κ3) is 7.95. The first-order valence-corrected chi connectivity index (χ1v) is 7.25. The first-order chi connectivity index (χ1) is 8.08. The molecule has 0 amide bonds. The van der Waals surface area contributed by atoms with Gasteiger partial charge in [0.1, 0.15) is 5.60 Å². The number of hydrogen-bond donors (Lipinski definition) is 0. The molecule has 0 fully saturated rings. The van der Waals surface area contributed by atoms with Crippen molar-refractivity contribution in [1.29, 1.82) is 0 Å². The second-order valence-corrected chi connectivity index (χ2v) is 6.91. The Balaban J connectivity index is 4.06. The maximum Gasteiger partial charge on any atom is 0.315 e. The molecule has 0 aliphatic heterocycles. The van der Waals surface area contributed by atoms with Gasteiger partial charge in [0.2, 0.25) is 0 Å². The molecular formula is C13H26O4S. The van der Waals surface area contributed by atoms with Crippen LogP contribution in [0.2, 0.25) is 0 Å². The predicted molar refractivity (Wildman–Crippen MR) is 74.5 cm³/mol. The summed E-state index contributed by atoms with van der Waals surface area (Å²) < 4.78 is 4.59. The quantitative estimate of drug-likeness (QED) is 0.407. The van der Waals surface area contributed by atoms with Crippen molar-refractivity contribution < 1.29 is 19.3 Å². The summed E-state index contributed by atoms with van der Waals surface area (Å²) in [6, 6.07) is 0. The molecule has 0 heterocycles. The summed E-state index contributed by atoms with van der Waals surface area (Å²) in [5, 5.41) is 0. The van der Waals surface area contributed by atoms with Gasteiger partial charge in [-0.15, -0.1) is 11.8 Å². The van der Waals surface area contributed by atoms with Crippen LogP contribution < -0.4 is 0 Å². The van der Waals surface area contributed by atoms with Crippen molar-refractivity contribution in [3.05, 3.63) is 0 Å². The second-order valence-electron chi connectivity index (χ2n) is 5.87. The van der Waals surface area contributed by atoms with Crippen LogP contribution in [0.3, 0.4) is 0 Å². The Bertz CT molecular complexity index is 258. The van der Waals surface area contributed by atoms with E-state index >= 15 is 0 Å². The maximum absolute atomic E-state index is 11.0. The van der Waals surface area contributed by atoms with Gasteiger partial charge in [0.25, 0.3) is 0 Å². The van der Waals surface area contributed by atoms with Crippen LogP contribution in [0, 0.1) is 5.92 Å². The largest absolute Gasteiger partial charge is 0.468 e. The van der Waals surface area contributed by atoms with E-state index in [4.69, 9.17) is 9.78 Å². The van der Waals surface area contributed by atoms with E-state index in [2.05, 4.69) is 11.7 Å². The van der Waals surface area contributed by atoms with E-state index < -0.39 is 5.60 Å². The number of carbonyl (C=O) groups is 1. The van der Waals surface area contributed by atoms with Gasteiger partial charge in [0.15, 0.2) is 0 Å². The van der Waals surface area contributed by atoms with Gasteiger partial charge in [0, 0.05) is 0 Å². The fourth-order valence-electron chi connectivity index (χ4n) is 0.893. The third-order valence-corrected chi connectivity index (χ3v) is 3.68. The zero-order valence-corrected chi connectivity index (χ0v) is 13.3. The highest BCUT2D eigenvalue weighted by atomic mass is 32.2. The van der Waals surface area contributed by atoms with Crippen molar-refractivity contribution in [3.8, 4) is 0 Å². The number of carbonyl (C=O) groups excluding carboxylic acids is 1. The van der Waals surface area contributed by atoms with E-state index in [9.17, 15) is 4.79 Å². The van der Waals surface area contributed by atoms with Crippen LogP contribution in [0.5, 0.6) is 0 Å². The molecule has 0 aliphatic carbocycles. The molecule has 0 N–H and O–H groups in total. The molecule has 0 aromatic rings. The predicted octanol–water partition coefficient (Wildman–Crippen LogP) is 3.05. The Kier molecular flexibility index (Phi) is 7.25. The van der Waals surface area contributed by atoms with Gasteiger partial charge in [0.05, 0.1) is 18.5 Å². The molecule has 0 radical (unpaired) electrons. The summed E-state index contributed by atoms with van der Waals surface area (Å²) >= 11 is 1.54. The van der Waals surface area contributed by atoms with Crippen LogP contribution in [0.4, 0.5) is 0 Å². The molecule has 1 atom stereocenters. The monoisotopic (exact) mass is 278 g/mol. The van der Waals surface area contributed by atoms with Crippen LogP contribution in [-0.2, 0) is 19.3 Å². The first-order valence-electron chi connectivity index (χ1n) is 6.10. The molecule has 0 aromatic heterocycles. The Hall–Kier alpha value is -0.260. The molecule has 0 spiro atoms. The number of methoxy groups -OCH3 is 1. The minimum Gasteiger partial charge on any atom is -0.468 e. The molecule has 0 bridgehead atoms. The molecule has 0 aromatic carbocycles. The number of hydrogen-bond acceptors (Lipinski definition) is 5. The Labute approximate surface area is 115 Å². The Morgan fingerprint density at radius 3 is 2.17 bits per heavy atom. The van der Waals surface area contributed by atoms with Gasteiger partial charge in [-0.05, 0) is 46.3 Å². The van der Waals surface area contributed by atoms with E-state index in [1.54, 1.807) is 11.8 Å². The Morgan fingerprint density at radius 2 is 1.72 bits per heavy atom. The lowest BCUT2D eigenvalue weighted by atomic mass is 9.95. The van der Waals surface area contributed by atoms with E-state index in [1.807, 2.05) is 34.6 Å². The number of thioether (sulfide) groups is 1. The van der Waals surface area contributed by atoms with Crippen LogP contribution in [0.25, 0.3) is 0 Å². The zero-order valence-electron chi connectivity index (χ0n) is 12.5. The molecule has 108 valence electrons. The van der Waals surface area contributed by atoms with Crippen molar-refractivity contribution >= 4 is 17.7 Å². The summed E-state index contributed by atoms with van der Waals surface area (Å²) in [5.41, 5.74) is -0.716. The molecule has 18 heavy (non-hydrogen) atoms. The summed E-state index contributed by atoms with van der Waals surface area (Å²) in [4.78, 5) is 21.9. The van der Waals surface area contributed by atoms with Gasteiger partial charge in [-0.3, -0.25) is 4.79 Å². The van der Waals surface area contributed by atoms with Gasteiger partial charge >= 0.3 is 5.97 Å². The van der Waals surface area contributed by atoms with Crippen molar-refractivity contribution in [2.45, 2.75) is 52.7 Å². The molecule has 0 saturated heterocycles. The van der Waals surface area contributed by atoms with Gasteiger partial charge < -0.3 is 4.74 Å². The van der Waals surface area contributed by atoms with Crippen LogP contribution >= 0.6 is 11.8 Å². The number of rotatable bonds is 7. The van der Waals surface area contributed by atoms with Gasteiger partial charge in [-0.2, -0.15) is 0 Å². The lowest BCUT2D eigenvalue weighted by Gasteiger charge is -2.33. The van der Waals surface area contributed by atoms with Gasteiger partial charge in [-0.1, -0.05) is 6.92 Å². The smallest absolute Gasteiger partial charge is 0.315 e. The highest BCUT2D eigenvalue weighted by Crippen LogP contribution is 2.26. The zero-order chi connectivity index (χ0) is 14.4. The normalized spacial score (nSPS) is 14.4. The van der Waals surface area contributed by atoms with E-state index in [0.717, 1.165) is 5.75 Å². The van der Waals surface area contributed by atoms with Crippen molar-refractivity contribution in [2.24, 2.45) is 5.92 Å². The highest BCUT2D eigenvalue weighted by molar-refractivity contribution is 7.99. The maximum atomic E-state index is 11.0. The first kappa shape index (κ1) is 17.7. The SMILES string of the molecule is COC(=O)CSCC(C)C(C)(C)OOC(C)(C)C. The molecule has 0 aliphatic rings. The standard InChI is InChI=1S/C13H26O4S/c1-10(8-18-9-11(14)15-7)13(5,6)17-16-12(2,3)4/h10H,8-9H2,1-7H3. The second kappa shape index (κ2) is 7.36. The third-order valence-electron chi connectivity index (χ3n) is 2.51. The lowest BCUT2D eigenvalue weighted by Crippen LogP contribution is -2.37.